The van der Waals surface area contributed by atoms with E-state index in [1.54, 1.807) is 0 Å². The minimum absolute atomic E-state index is 0.271. The van der Waals surface area contributed by atoms with Gasteiger partial charge in [0, 0.05) is 31.4 Å². The normalized spacial score (nSPS) is 42.6. The molecule has 2 fully saturated rings. The van der Waals surface area contributed by atoms with Crippen LogP contribution in [0, 0.1) is 11.8 Å². The van der Waals surface area contributed by atoms with Crippen LogP contribution in [0.2, 0.25) is 0 Å². The molecule has 18 heavy (non-hydrogen) atoms. The fourth-order valence-corrected chi connectivity index (χ4v) is 5.61. The molecule has 4 unspecified atom stereocenters. The lowest BCUT2D eigenvalue weighted by Crippen LogP contribution is -2.59. The Labute approximate surface area is 111 Å². The Bertz CT molecular complexity index is 399. The van der Waals surface area contributed by atoms with E-state index in [1.807, 2.05) is 0 Å². The molecule has 1 saturated heterocycles. The summed E-state index contributed by atoms with van der Waals surface area (Å²) in [5, 5.41) is -0.271. The number of rotatable bonds is 3. The van der Waals surface area contributed by atoms with Crippen molar-refractivity contribution in [3.05, 3.63) is 0 Å². The van der Waals surface area contributed by atoms with Gasteiger partial charge in [-0.05, 0) is 24.7 Å². The summed E-state index contributed by atoms with van der Waals surface area (Å²) in [6.45, 7) is 6.94. The van der Waals surface area contributed by atoms with Gasteiger partial charge in [-0.2, -0.15) is 0 Å². The molecule has 1 heterocycles. The van der Waals surface area contributed by atoms with Gasteiger partial charge in [0.25, 0.3) is 0 Å². The van der Waals surface area contributed by atoms with Gasteiger partial charge in [0.2, 0.25) is 0 Å². The monoisotopic (exact) mass is 274 g/mol. The first-order valence-corrected chi connectivity index (χ1v) is 8.90. The molecular weight excluding hydrogens is 248 g/mol. The molecule has 2 rings (SSSR count). The van der Waals surface area contributed by atoms with Crippen molar-refractivity contribution in [1.29, 1.82) is 0 Å². The van der Waals surface area contributed by atoms with Gasteiger partial charge in [-0.15, -0.1) is 0 Å². The van der Waals surface area contributed by atoms with Crippen molar-refractivity contribution in [2.24, 2.45) is 17.6 Å². The van der Waals surface area contributed by atoms with E-state index in [9.17, 15) is 8.42 Å². The van der Waals surface area contributed by atoms with Gasteiger partial charge in [-0.3, -0.25) is 4.90 Å². The van der Waals surface area contributed by atoms with Crippen LogP contribution in [0.15, 0.2) is 0 Å². The van der Waals surface area contributed by atoms with Gasteiger partial charge in [0.05, 0.1) is 5.25 Å². The van der Waals surface area contributed by atoms with Crippen LogP contribution in [0.5, 0.6) is 0 Å². The van der Waals surface area contributed by atoms with E-state index in [2.05, 4.69) is 18.7 Å². The Morgan fingerprint density at radius 2 is 1.83 bits per heavy atom. The molecule has 4 nitrogen and oxygen atoms in total. The van der Waals surface area contributed by atoms with E-state index in [0.29, 0.717) is 18.4 Å². The molecular formula is C13H26N2O2S. The van der Waals surface area contributed by atoms with E-state index in [0.717, 1.165) is 32.4 Å². The highest BCUT2D eigenvalue weighted by atomic mass is 32.2. The maximum Gasteiger partial charge on any atom is 0.152 e. The second-order valence-corrected chi connectivity index (χ2v) is 8.61. The van der Waals surface area contributed by atoms with Crippen LogP contribution in [0.25, 0.3) is 0 Å². The van der Waals surface area contributed by atoms with Crippen molar-refractivity contribution < 1.29 is 8.42 Å². The number of sulfone groups is 1. The second-order valence-electron chi connectivity index (χ2n) is 6.38. The molecule has 0 radical (unpaired) electrons. The fraction of sp³-hybridized carbons (Fsp3) is 1.00. The molecule has 1 saturated carbocycles. The molecule has 0 spiro atoms. The molecule has 106 valence electrons. The van der Waals surface area contributed by atoms with Gasteiger partial charge in [0.15, 0.2) is 9.84 Å². The van der Waals surface area contributed by atoms with E-state index in [4.69, 9.17) is 5.73 Å². The van der Waals surface area contributed by atoms with Crippen LogP contribution in [-0.2, 0) is 9.84 Å². The summed E-state index contributed by atoms with van der Waals surface area (Å²) in [7, 11) is -3.02. The zero-order valence-corrected chi connectivity index (χ0v) is 12.5. The van der Waals surface area contributed by atoms with Crippen LogP contribution >= 0.6 is 0 Å². The first kappa shape index (κ1) is 14.3. The van der Waals surface area contributed by atoms with Crippen LogP contribution in [0.1, 0.15) is 33.1 Å². The minimum atomic E-state index is -3.02. The Kier molecular flexibility index (Phi) is 3.78. The molecule has 0 amide bonds. The summed E-state index contributed by atoms with van der Waals surface area (Å²) in [5.41, 5.74) is 5.72. The minimum Gasteiger partial charge on any atom is -0.329 e. The van der Waals surface area contributed by atoms with Gasteiger partial charge in [-0.25, -0.2) is 8.42 Å². The number of hydrogen-bond donors (Lipinski definition) is 1. The molecule has 1 aliphatic carbocycles. The summed E-state index contributed by atoms with van der Waals surface area (Å²) < 4.78 is 24.1. The maximum absolute atomic E-state index is 12.0. The Balaban J connectivity index is 2.31. The van der Waals surface area contributed by atoms with Crippen molar-refractivity contribution in [2.45, 2.75) is 43.9 Å². The highest BCUT2D eigenvalue weighted by Gasteiger charge is 2.52. The van der Waals surface area contributed by atoms with Gasteiger partial charge >= 0.3 is 0 Å². The van der Waals surface area contributed by atoms with Gasteiger partial charge < -0.3 is 5.73 Å². The number of nitrogens with zero attached hydrogens (tertiary/aromatic N) is 1. The van der Waals surface area contributed by atoms with Crippen LogP contribution in [0.4, 0.5) is 0 Å². The van der Waals surface area contributed by atoms with E-state index < -0.39 is 9.84 Å². The molecule has 0 aromatic heterocycles. The molecule has 0 bridgehead atoms. The maximum atomic E-state index is 12.0. The lowest BCUT2D eigenvalue weighted by Gasteiger charge is -2.42. The summed E-state index contributed by atoms with van der Waals surface area (Å²) in [4.78, 5) is 2.38. The number of likely N-dealkylation sites (tertiary alicyclic amines) is 1. The summed E-state index contributed by atoms with van der Waals surface area (Å²) in [6, 6.07) is 0. The smallest absolute Gasteiger partial charge is 0.152 e. The largest absolute Gasteiger partial charge is 0.329 e. The Morgan fingerprint density at radius 3 is 2.28 bits per heavy atom. The van der Waals surface area contributed by atoms with Crippen LogP contribution < -0.4 is 5.73 Å². The van der Waals surface area contributed by atoms with Crippen molar-refractivity contribution in [3.63, 3.8) is 0 Å². The summed E-state index contributed by atoms with van der Waals surface area (Å²) in [6.07, 6.45) is 4.06. The van der Waals surface area contributed by atoms with Gasteiger partial charge in [-0.1, -0.05) is 20.3 Å². The molecule has 1 aliphatic heterocycles. The predicted molar refractivity (Wildman–Crippen MR) is 74.2 cm³/mol. The molecule has 0 aromatic carbocycles. The first-order valence-electron chi connectivity index (χ1n) is 6.95. The average Bonchev–Trinajstić information content (AvgIpc) is 2.83. The SMILES string of the molecule is CC1CN(C2(CN)CCCC2S(C)(=O)=O)CC1C. The van der Waals surface area contributed by atoms with E-state index in [-0.39, 0.29) is 10.8 Å². The lowest BCUT2D eigenvalue weighted by molar-refractivity contribution is 0.126. The fourth-order valence-electron chi connectivity index (χ4n) is 3.85. The number of nitrogens with two attached hydrogens (primary N) is 1. The zero-order chi connectivity index (χ0) is 13.6. The highest BCUT2D eigenvalue weighted by Crippen LogP contribution is 2.42. The van der Waals surface area contributed by atoms with Crippen LogP contribution in [-0.4, -0.2) is 50.0 Å². The van der Waals surface area contributed by atoms with Crippen molar-refractivity contribution in [2.75, 3.05) is 25.9 Å². The van der Waals surface area contributed by atoms with Gasteiger partial charge in [0.1, 0.15) is 0 Å². The Hall–Kier alpha value is -0.130. The van der Waals surface area contributed by atoms with Crippen molar-refractivity contribution in [1.82, 2.24) is 4.90 Å². The van der Waals surface area contributed by atoms with E-state index in [1.165, 1.54) is 6.26 Å². The highest BCUT2D eigenvalue weighted by molar-refractivity contribution is 7.91. The number of hydrogen-bond acceptors (Lipinski definition) is 4. The molecule has 2 N–H and O–H groups in total. The molecule has 5 heteroatoms. The Morgan fingerprint density at radius 1 is 1.28 bits per heavy atom. The summed E-state index contributed by atoms with van der Waals surface area (Å²) >= 11 is 0. The molecule has 4 atom stereocenters. The van der Waals surface area contributed by atoms with Crippen LogP contribution in [0.3, 0.4) is 0 Å². The third kappa shape index (κ3) is 2.21. The standard InChI is InChI=1S/C13H26N2O2S/c1-10-7-15(8-11(10)2)13(9-14)6-4-5-12(13)18(3,16)17/h10-12H,4-9,14H2,1-3H3. The van der Waals surface area contributed by atoms with Crippen molar-refractivity contribution >= 4 is 9.84 Å². The third-order valence-electron chi connectivity index (χ3n) is 5.16. The lowest BCUT2D eigenvalue weighted by atomic mass is 9.95. The van der Waals surface area contributed by atoms with Crippen molar-refractivity contribution in [3.8, 4) is 0 Å². The molecule has 0 aromatic rings. The topological polar surface area (TPSA) is 63.4 Å². The second kappa shape index (κ2) is 4.76. The molecule has 2 aliphatic rings. The average molecular weight is 274 g/mol. The summed E-state index contributed by atoms with van der Waals surface area (Å²) in [5.74, 6) is 1.27. The first-order chi connectivity index (χ1) is 8.31. The van der Waals surface area contributed by atoms with E-state index >= 15 is 0 Å². The quantitative estimate of drug-likeness (QED) is 0.829. The third-order valence-corrected chi connectivity index (χ3v) is 6.87. The predicted octanol–water partition coefficient (Wildman–Crippen LogP) is 0.869. The zero-order valence-electron chi connectivity index (χ0n) is 11.7.